The first kappa shape index (κ1) is 35.7. The lowest BCUT2D eigenvalue weighted by Crippen LogP contribution is -2.52. The Morgan fingerprint density at radius 2 is 1.59 bits per heavy atom. The molecule has 3 aromatic carbocycles. The van der Waals surface area contributed by atoms with E-state index in [1.807, 2.05) is 66.7 Å². The molecule has 0 saturated heterocycles. The summed E-state index contributed by atoms with van der Waals surface area (Å²) in [5.41, 5.74) is 22.6. The number of hydrogen-bond donors (Lipinski definition) is 4. The number of allylic oxidation sites excluding steroid dienone is 1. The van der Waals surface area contributed by atoms with Crippen LogP contribution < -0.4 is 22.5 Å². The normalized spacial score (nSPS) is 24.6. The fraction of sp³-hybridized carbons (Fsp3) is 0.410. The molecular formula is C39H46ClN4O3PS. The molecule has 3 aromatic rings. The maximum Gasteiger partial charge on any atom is 0.234 e. The number of nitrogens with two attached hydrogens (primary N) is 3. The average molecular weight is 717 g/mol. The molecule has 258 valence electrons. The van der Waals surface area contributed by atoms with Gasteiger partial charge in [0.15, 0.2) is 0 Å². The summed E-state index contributed by atoms with van der Waals surface area (Å²) in [5.74, 6) is 0.436. The molecule has 2 unspecified atom stereocenters. The maximum atomic E-state index is 13.1. The zero-order chi connectivity index (χ0) is 34.5. The number of hydrogen-bond acceptors (Lipinski definition) is 6. The number of carbonyl (C=O) groups excluding carboxylic acids is 2. The molecule has 49 heavy (non-hydrogen) atoms. The predicted octanol–water partition coefficient (Wildman–Crippen LogP) is 7.19. The second-order valence-electron chi connectivity index (χ2n) is 14.2. The standard InChI is InChI=1S/C39H46ClN4O3PS/c40-33-8-4-7-31(17-33)29-9-11-30(12-10-29)35(42)19-34(49)18-32(38(43)46)24-48(37(44-36(45)23-41)16-25-5-2-1-3-6-25)47-39-20-26-13-27(21-39)15-28(14-26)22-39/h1-12,17,19,26-28,32,37H,13-16,18,20-24,41-42H2,(H2,43,46)(H,44,45)/t26?,27?,28?,32?,37-,39?,48?/m1/s1. The van der Waals surface area contributed by atoms with Gasteiger partial charge in [0.05, 0.1) is 26.1 Å². The second-order valence-corrected chi connectivity index (χ2v) is 17.2. The largest absolute Gasteiger partial charge is 0.398 e. The summed E-state index contributed by atoms with van der Waals surface area (Å²) in [4.78, 5) is 26.5. The molecule has 10 heteroatoms. The quantitative estimate of drug-likeness (QED) is 0.0748. The molecule has 4 fully saturated rings. The summed E-state index contributed by atoms with van der Waals surface area (Å²) < 4.78 is 7.31. The van der Waals surface area contributed by atoms with E-state index < -0.39 is 20.0 Å². The first-order chi connectivity index (χ1) is 23.6. The molecule has 0 radical (unpaired) electrons. The molecule has 0 aromatic heterocycles. The van der Waals surface area contributed by atoms with Gasteiger partial charge in [0.1, 0.15) is 0 Å². The number of carbonyl (C=O) groups is 2. The Hall–Kier alpha value is -3.13. The number of benzene rings is 3. The lowest BCUT2D eigenvalue weighted by molar-refractivity contribution is -0.121. The van der Waals surface area contributed by atoms with Gasteiger partial charge in [0, 0.05) is 27.7 Å². The number of halogens is 1. The van der Waals surface area contributed by atoms with Gasteiger partial charge in [-0.3, -0.25) is 9.59 Å². The highest BCUT2D eigenvalue weighted by Crippen LogP contribution is 2.62. The third kappa shape index (κ3) is 9.16. The summed E-state index contributed by atoms with van der Waals surface area (Å²) in [6.07, 6.45) is 9.93. The van der Waals surface area contributed by atoms with Crippen LogP contribution in [0.1, 0.15) is 56.1 Å². The van der Waals surface area contributed by atoms with Crippen molar-refractivity contribution in [2.75, 3.05) is 12.7 Å². The van der Waals surface area contributed by atoms with Gasteiger partial charge in [-0.05, 0) is 110 Å². The van der Waals surface area contributed by atoms with E-state index in [1.54, 1.807) is 6.08 Å². The molecule has 4 bridgehead atoms. The van der Waals surface area contributed by atoms with Crippen LogP contribution >= 0.6 is 32.0 Å². The highest BCUT2D eigenvalue weighted by atomic mass is 35.5. The monoisotopic (exact) mass is 716 g/mol. The number of primary amides is 1. The lowest BCUT2D eigenvalue weighted by atomic mass is 9.54. The van der Waals surface area contributed by atoms with E-state index in [0.717, 1.165) is 41.5 Å². The molecule has 4 aliphatic carbocycles. The number of amides is 2. The third-order valence-electron chi connectivity index (χ3n) is 10.4. The highest BCUT2D eigenvalue weighted by Gasteiger charge is 2.53. The first-order valence-corrected chi connectivity index (χ1v) is 19.5. The van der Waals surface area contributed by atoms with E-state index in [2.05, 4.69) is 17.4 Å². The second kappa shape index (κ2) is 15.8. The molecule has 4 saturated carbocycles. The van der Waals surface area contributed by atoms with Crippen molar-refractivity contribution in [1.82, 2.24) is 5.32 Å². The minimum atomic E-state index is -1.35. The van der Waals surface area contributed by atoms with Crippen LogP contribution in [-0.4, -0.2) is 40.8 Å². The van der Waals surface area contributed by atoms with Crippen LogP contribution in [0.3, 0.4) is 0 Å². The SMILES string of the molecule is NCC(=O)N[C@@H](Cc1ccccc1)P(CC(CC(=S)C=C(N)c1ccc(-c2cccc(Cl)c2)cc1)C(N)=O)OC12CC3CC(CC(C3)C1)C2. The maximum absolute atomic E-state index is 13.1. The number of thiocarbonyl (C=S) groups is 1. The average Bonchev–Trinajstić information content (AvgIpc) is 3.07. The van der Waals surface area contributed by atoms with Crippen molar-refractivity contribution >= 4 is 54.3 Å². The molecule has 2 amide bonds. The summed E-state index contributed by atoms with van der Waals surface area (Å²) in [7, 11) is -1.35. The molecule has 7 nitrogen and oxygen atoms in total. The lowest BCUT2D eigenvalue weighted by Gasteiger charge is -2.57. The Morgan fingerprint density at radius 3 is 2.18 bits per heavy atom. The van der Waals surface area contributed by atoms with Crippen molar-refractivity contribution in [2.24, 2.45) is 40.9 Å². The molecule has 0 heterocycles. The molecular weight excluding hydrogens is 671 g/mol. The summed E-state index contributed by atoms with van der Waals surface area (Å²) in [6.45, 7) is -0.126. The van der Waals surface area contributed by atoms with Crippen molar-refractivity contribution < 1.29 is 14.1 Å². The van der Waals surface area contributed by atoms with Crippen molar-refractivity contribution in [3.63, 3.8) is 0 Å². The van der Waals surface area contributed by atoms with Crippen LogP contribution in [0.2, 0.25) is 5.02 Å². The molecule has 0 spiro atoms. The Bertz CT molecular complexity index is 1650. The van der Waals surface area contributed by atoms with E-state index in [-0.39, 0.29) is 30.3 Å². The minimum absolute atomic E-state index is 0.126. The number of rotatable bonds is 15. The van der Waals surface area contributed by atoms with Crippen molar-refractivity contribution in [3.05, 3.63) is 101 Å². The van der Waals surface area contributed by atoms with Gasteiger partial charge in [-0.1, -0.05) is 90.5 Å². The van der Waals surface area contributed by atoms with Gasteiger partial charge in [-0.15, -0.1) is 0 Å². The molecule has 7 N–H and O–H groups in total. The van der Waals surface area contributed by atoms with Crippen LogP contribution in [0.4, 0.5) is 0 Å². The zero-order valence-corrected chi connectivity index (χ0v) is 30.2. The predicted molar refractivity (Wildman–Crippen MR) is 204 cm³/mol. The Labute approximate surface area is 301 Å². The van der Waals surface area contributed by atoms with Crippen molar-refractivity contribution in [3.8, 4) is 11.1 Å². The van der Waals surface area contributed by atoms with Gasteiger partial charge in [0.2, 0.25) is 11.8 Å². The third-order valence-corrected chi connectivity index (χ3v) is 13.3. The summed E-state index contributed by atoms with van der Waals surface area (Å²) in [5, 5.41) is 3.86. The summed E-state index contributed by atoms with van der Waals surface area (Å²) in [6, 6.07) is 25.6. The van der Waals surface area contributed by atoms with Gasteiger partial charge >= 0.3 is 0 Å². The fourth-order valence-corrected chi connectivity index (χ4v) is 11.6. The topological polar surface area (TPSA) is 133 Å². The molecule has 7 rings (SSSR count). The fourth-order valence-electron chi connectivity index (χ4n) is 8.48. The minimum Gasteiger partial charge on any atom is -0.398 e. The molecule has 3 atom stereocenters. The summed E-state index contributed by atoms with van der Waals surface area (Å²) >= 11 is 12.0. The Balaban J connectivity index is 1.22. The van der Waals surface area contributed by atoms with Crippen LogP contribution in [-0.2, 0) is 20.5 Å². The Kier molecular flexibility index (Phi) is 11.5. The molecule has 4 aliphatic rings. The first-order valence-electron chi connectivity index (χ1n) is 17.2. The van der Waals surface area contributed by atoms with Crippen LogP contribution in [0, 0.1) is 23.7 Å². The van der Waals surface area contributed by atoms with E-state index in [4.69, 9.17) is 45.5 Å². The zero-order valence-electron chi connectivity index (χ0n) is 27.7. The van der Waals surface area contributed by atoms with Crippen LogP contribution in [0.25, 0.3) is 16.8 Å². The van der Waals surface area contributed by atoms with Gasteiger partial charge < -0.3 is 27.0 Å². The smallest absolute Gasteiger partial charge is 0.234 e. The van der Waals surface area contributed by atoms with E-state index in [0.29, 0.717) is 45.9 Å². The van der Waals surface area contributed by atoms with Crippen molar-refractivity contribution in [2.45, 2.75) is 62.8 Å². The Morgan fingerprint density at radius 1 is 0.939 bits per heavy atom. The van der Waals surface area contributed by atoms with Gasteiger partial charge in [-0.25, -0.2) is 0 Å². The van der Waals surface area contributed by atoms with Crippen LogP contribution in [0.15, 0.2) is 84.9 Å². The van der Waals surface area contributed by atoms with E-state index in [9.17, 15) is 9.59 Å². The number of nitrogens with one attached hydrogen (secondary N) is 1. The highest BCUT2D eigenvalue weighted by molar-refractivity contribution is 7.80. The molecule has 0 aliphatic heterocycles. The van der Waals surface area contributed by atoms with Gasteiger partial charge in [0.25, 0.3) is 0 Å². The van der Waals surface area contributed by atoms with E-state index in [1.165, 1.54) is 19.3 Å². The van der Waals surface area contributed by atoms with E-state index >= 15 is 0 Å². The van der Waals surface area contributed by atoms with Gasteiger partial charge in [-0.2, -0.15) is 0 Å². The van der Waals surface area contributed by atoms with Crippen molar-refractivity contribution in [1.29, 1.82) is 0 Å². The van der Waals surface area contributed by atoms with Crippen LogP contribution in [0.5, 0.6) is 0 Å².